The molecule has 29 heavy (non-hydrogen) atoms. The van der Waals surface area contributed by atoms with Crippen molar-refractivity contribution in [1.29, 1.82) is 5.26 Å². The number of hydrogen-bond acceptors (Lipinski definition) is 7. The fourth-order valence-electron chi connectivity index (χ4n) is 3.19. The number of piperidine rings is 1. The zero-order valence-corrected chi connectivity index (χ0v) is 16.2. The van der Waals surface area contributed by atoms with E-state index in [1.807, 2.05) is 30.3 Å². The number of rotatable bonds is 5. The molecule has 0 N–H and O–H groups in total. The highest BCUT2D eigenvalue weighted by molar-refractivity contribution is 7.89. The van der Waals surface area contributed by atoms with Gasteiger partial charge >= 0.3 is 0 Å². The van der Waals surface area contributed by atoms with Crippen LogP contribution in [0.5, 0.6) is 5.75 Å². The third kappa shape index (κ3) is 4.11. The Morgan fingerprint density at radius 3 is 2.31 bits per heavy atom. The van der Waals surface area contributed by atoms with Crippen molar-refractivity contribution in [3.8, 4) is 17.5 Å². The topological polar surface area (TPSA) is 114 Å². The van der Waals surface area contributed by atoms with Crippen molar-refractivity contribution in [2.24, 2.45) is 0 Å². The Morgan fingerprint density at radius 2 is 1.72 bits per heavy atom. The Bertz CT molecular complexity index is 1100. The van der Waals surface area contributed by atoms with E-state index in [1.165, 1.54) is 34.9 Å². The quantitative estimate of drug-likeness (QED) is 0.630. The van der Waals surface area contributed by atoms with Gasteiger partial charge in [-0.25, -0.2) is 13.1 Å². The zero-order chi connectivity index (χ0) is 20.3. The normalized spacial score (nSPS) is 15.7. The van der Waals surface area contributed by atoms with Gasteiger partial charge in [-0.05, 0) is 71.8 Å². The third-order valence-corrected chi connectivity index (χ3v) is 6.69. The molecule has 1 aliphatic heterocycles. The fourth-order valence-corrected chi connectivity index (χ4v) is 4.66. The molecule has 2 heterocycles. The maximum atomic E-state index is 12.8. The van der Waals surface area contributed by atoms with Gasteiger partial charge in [0.15, 0.2) is 0 Å². The van der Waals surface area contributed by atoms with Gasteiger partial charge in [-0.2, -0.15) is 9.57 Å². The van der Waals surface area contributed by atoms with Crippen LogP contribution in [0, 0.1) is 11.3 Å². The smallest absolute Gasteiger partial charge is 0.243 e. The van der Waals surface area contributed by atoms with Gasteiger partial charge in [0.25, 0.3) is 0 Å². The van der Waals surface area contributed by atoms with Crippen molar-refractivity contribution in [2.45, 2.75) is 23.8 Å². The molecular weight excluding hydrogens is 392 g/mol. The number of aromatic nitrogens is 4. The minimum absolute atomic E-state index is 0.0544. The Kier molecular flexibility index (Phi) is 5.24. The molecule has 3 aromatic rings. The Morgan fingerprint density at radius 1 is 1.03 bits per heavy atom. The maximum Gasteiger partial charge on any atom is 0.243 e. The predicted octanol–water partition coefficient (Wildman–Crippen LogP) is 1.77. The van der Waals surface area contributed by atoms with Crippen LogP contribution >= 0.6 is 0 Å². The van der Waals surface area contributed by atoms with Crippen LogP contribution in [0.4, 0.5) is 0 Å². The van der Waals surface area contributed by atoms with Crippen LogP contribution in [0.3, 0.4) is 0 Å². The van der Waals surface area contributed by atoms with Crippen molar-refractivity contribution < 1.29 is 13.2 Å². The molecule has 0 spiro atoms. The summed E-state index contributed by atoms with van der Waals surface area (Å²) in [6.07, 6.45) is 2.66. The molecule has 1 aromatic heterocycles. The molecule has 1 fully saturated rings. The number of benzene rings is 2. The third-order valence-electron chi connectivity index (χ3n) is 4.78. The largest absolute Gasteiger partial charge is 0.490 e. The first-order valence-electron chi connectivity index (χ1n) is 9.07. The van der Waals surface area contributed by atoms with Gasteiger partial charge in [0.05, 0.1) is 22.2 Å². The summed E-state index contributed by atoms with van der Waals surface area (Å²) in [5, 5.41) is 19.9. The molecule has 0 unspecified atom stereocenters. The number of sulfonamides is 1. The van der Waals surface area contributed by atoms with Gasteiger partial charge in [0, 0.05) is 13.1 Å². The van der Waals surface area contributed by atoms with Crippen molar-refractivity contribution in [1.82, 2.24) is 24.5 Å². The summed E-state index contributed by atoms with van der Waals surface area (Å²) in [5.41, 5.74) is 1.26. The second-order valence-corrected chi connectivity index (χ2v) is 8.54. The lowest BCUT2D eigenvalue weighted by Gasteiger charge is -2.31. The van der Waals surface area contributed by atoms with Crippen LogP contribution < -0.4 is 4.74 Å². The van der Waals surface area contributed by atoms with Crippen LogP contribution in [0.25, 0.3) is 5.69 Å². The minimum Gasteiger partial charge on any atom is -0.490 e. The first-order chi connectivity index (χ1) is 14.1. The van der Waals surface area contributed by atoms with Crippen LogP contribution in [-0.2, 0) is 10.0 Å². The van der Waals surface area contributed by atoms with E-state index in [0.29, 0.717) is 31.5 Å². The van der Waals surface area contributed by atoms with E-state index in [1.54, 1.807) is 4.68 Å². The summed E-state index contributed by atoms with van der Waals surface area (Å²) in [6.45, 7) is 0.769. The van der Waals surface area contributed by atoms with Crippen molar-refractivity contribution >= 4 is 10.0 Å². The van der Waals surface area contributed by atoms with Gasteiger partial charge in [0.1, 0.15) is 18.2 Å². The molecule has 2 aromatic carbocycles. The molecule has 1 saturated heterocycles. The van der Waals surface area contributed by atoms with Crippen LogP contribution in [-0.4, -0.2) is 52.1 Å². The highest BCUT2D eigenvalue weighted by atomic mass is 32.2. The fraction of sp³-hybridized carbons (Fsp3) is 0.263. The molecule has 148 valence electrons. The molecule has 1 aliphatic rings. The van der Waals surface area contributed by atoms with Crippen LogP contribution in [0.1, 0.15) is 18.4 Å². The first-order valence-corrected chi connectivity index (χ1v) is 10.5. The Hall–Kier alpha value is -3.29. The number of tetrazole rings is 1. The lowest BCUT2D eigenvalue weighted by molar-refractivity contribution is 0.135. The molecule has 0 atom stereocenters. The van der Waals surface area contributed by atoms with Crippen molar-refractivity contribution in [3.05, 3.63) is 60.4 Å². The summed E-state index contributed by atoms with van der Waals surface area (Å²) in [4.78, 5) is 0.203. The first kappa shape index (κ1) is 19.0. The van der Waals surface area contributed by atoms with Gasteiger partial charge in [0.2, 0.25) is 10.0 Å². The standard InChI is InChI=1S/C19H18N6O3S/c20-13-15-1-7-19(8-2-15)29(26,27)24-11-9-18(10-12-24)28-17-5-3-16(4-6-17)25-14-21-22-23-25/h1-8,14,18H,9-12H2. The summed E-state index contributed by atoms with van der Waals surface area (Å²) in [5.74, 6) is 0.718. The second kappa shape index (κ2) is 7.98. The second-order valence-electron chi connectivity index (χ2n) is 6.61. The van der Waals surface area contributed by atoms with E-state index in [2.05, 4.69) is 15.5 Å². The maximum absolute atomic E-state index is 12.8. The number of ether oxygens (including phenoxy) is 1. The zero-order valence-electron chi connectivity index (χ0n) is 15.4. The van der Waals surface area contributed by atoms with Crippen molar-refractivity contribution in [3.63, 3.8) is 0 Å². The molecular formula is C19H18N6O3S. The highest BCUT2D eigenvalue weighted by Gasteiger charge is 2.30. The molecule has 10 heteroatoms. The number of nitriles is 1. The van der Waals surface area contributed by atoms with E-state index in [0.717, 1.165) is 11.4 Å². The van der Waals surface area contributed by atoms with Gasteiger partial charge in [-0.15, -0.1) is 5.10 Å². The van der Waals surface area contributed by atoms with E-state index < -0.39 is 10.0 Å². The number of nitrogens with zero attached hydrogens (tertiary/aromatic N) is 6. The average molecular weight is 410 g/mol. The molecule has 0 amide bonds. The van der Waals surface area contributed by atoms with E-state index in [9.17, 15) is 8.42 Å². The number of hydrogen-bond donors (Lipinski definition) is 0. The highest BCUT2D eigenvalue weighted by Crippen LogP contribution is 2.24. The Balaban J connectivity index is 1.36. The van der Waals surface area contributed by atoms with Crippen LogP contribution in [0.15, 0.2) is 59.8 Å². The van der Waals surface area contributed by atoms with E-state index in [-0.39, 0.29) is 11.0 Å². The average Bonchev–Trinajstić information content (AvgIpc) is 3.30. The van der Waals surface area contributed by atoms with Gasteiger partial charge in [-0.3, -0.25) is 0 Å². The molecule has 0 radical (unpaired) electrons. The molecule has 0 saturated carbocycles. The van der Waals surface area contributed by atoms with Crippen LogP contribution in [0.2, 0.25) is 0 Å². The molecule has 0 bridgehead atoms. The van der Waals surface area contributed by atoms with E-state index in [4.69, 9.17) is 10.00 Å². The van der Waals surface area contributed by atoms with Crippen molar-refractivity contribution in [2.75, 3.05) is 13.1 Å². The van der Waals surface area contributed by atoms with E-state index >= 15 is 0 Å². The lowest BCUT2D eigenvalue weighted by Crippen LogP contribution is -2.41. The van der Waals surface area contributed by atoms with Gasteiger partial charge < -0.3 is 4.74 Å². The molecule has 9 nitrogen and oxygen atoms in total. The lowest BCUT2D eigenvalue weighted by atomic mass is 10.1. The SMILES string of the molecule is N#Cc1ccc(S(=O)(=O)N2CCC(Oc3ccc(-n4cnnn4)cc3)CC2)cc1. The summed E-state index contributed by atoms with van der Waals surface area (Å²) in [7, 11) is -3.57. The van der Waals surface area contributed by atoms with Gasteiger partial charge in [-0.1, -0.05) is 0 Å². The summed E-state index contributed by atoms with van der Waals surface area (Å²) >= 11 is 0. The predicted molar refractivity (Wildman–Crippen MR) is 103 cm³/mol. The molecule has 0 aliphatic carbocycles. The monoisotopic (exact) mass is 410 g/mol. The Labute approximate surface area is 168 Å². The molecule has 4 rings (SSSR count). The minimum atomic E-state index is -3.57. The summed E-state index contributed by atoms with van der Waals surface area (Å²) < 4.78 is 34.6. The summed E-state index contributed by atoms with van der Waals surface area (Å²) in [6, 6.07) is 15.4.